The molecule has 2 aromatic rings. The van der Waals surface area contributed by atoms with Gasteiger partial charge in [-0.2, -0.15) is 0 Å². The number of aromatic nitrogens is 1. The zero-order valence-electron chi connectivity index (χ0n) is 17.2. The molecule has 1 aliphatic rings. The Morgan fingerprint density at radius 1 is 1.24 bits per heavy atom. The van der Waals surface area contributed by atoms with Crippen molar-refractivity contribution in [2.45, 2.75) is 45.2 Å². The molecule has 1 unspecified atom stereocenters. The first-order valence-corrected chi connectivity index (χ1v) is 11.5. The van der Waals surface area contributed by atoms with Crippen molar-refractivity contribution in [3.05, 3.63) is 38.5 Å². The van der Waals surface area contributed by atoms with Gasteiger partial charge in [0.15, 0.2) is 0 Å². The molecule has 0 radical (unpaired) electrons. The van der Waals surface area contributed by atoms with Crippen molar-refractivity contribution in [1.82, 2.24) is 20.1 Å². The van der Waals surface area contributed by atoms with E-state index in [0.29, 0.717) is 13.1 Å². The first kappa shape index (κ1) is 21.7. The van der Waals surface area contributed by atoms with Gasteiger partial charge in [-0.05, 0) is 11.4 Å². The second kappa shape index (κ2) is 9.23. The van der Waals surface area contributed by atoms with Crippen LogP contribution in [0.2, 0.25) is 0 Å². The summed E-state index contributed by atoms with van der Waals surface area (Å²) in [6.07, 6.45) is 0.227. The Labute approximate surface area is 179 Å². The largest absolute Gasteiger partial charge is 0.352 e. The Balaban J connectivity index is 1.51. The standard InChI is InChI=1S/C20H29N5O2S2/c1-20(2,3)18-22-14(13-29-18)12-24-6-8-25(9-7-24)17(26)11-15(23-19(21)27)16-5-4-10-28-16/h4-5,10,13,15H,6-9,11-12H2,1-3H3,(H3,21,23,27). The summed E-state index contributed by atoms with van der Waals surface area (Å²) in [5.41, 5.74) is 6.47. The Morgan fingerprint density at radius 3 is 2.52 bits per heavy atom. The fourth-order valence-electron chi connectivity index (χ4n) is 3.30. The predicted molar refractivity (Wildman–Crippen MR) is 117 cm³/mol. The number of piperazine rings is 1. The first-order valence-electron chi connectivity index (χ1n) is 9.77. The Kier molecular flexibility index (Phi) is 6.92. The summed E-state index contributed by atoms with van der Waals surface area (Å²) in [6, 6.07) is 2.83. The number of nitrogens with two attached hydrogens (primary N) is 1. The molecule has 1 saturated heterocycles. The van der Waals surface area contributed by atoms with E-state index in [-0.39, 0.29) is 23.8 Å². The molecule has 1 atom stereocenters. The summed E-state index contributed by atoms with van der Waals surface area (Å²) in [5, 5.41) is 7.91. The van der Waals surface area contributed by atoms with Gasteiger partial charge in [-0.3, -0.25) is 9.69 Å². The number of amides is 3. The smallest absolute Gasteiger partial charge is 0.312 e. The minimum absolute atomic E-state index is 0.0421. The third kappa shape index (κ3) is 6.01. The Hall–Kier alpha value is -1.97. The first-order chi connectivity index (χ1) is 13.7. The number of hydrogen-bond acceptors (Lipinski definition) is 6. The van der Waals surface area contributed by atoms with Gasteiger partial charge in [-0.1, -0.05) is 26.8 Å². The highest BCUT2D eigenvalue weighted by atomic mass is 32.1. The SMILES string of the molecule is CC(C)(C)c1nc(CN2CCN(C(=O)CC(NC(N)=O)c3cccs3)CC2)cs1. The number of thiazole rings is 1. The van der Waals surface area contributed by atoms with E-state index in [1.54, 1.807) is 11.3 Å². The number of primary amides is 1. The van der Waals surface area contributed by atoms with Crippen molar-refractivity contribution in [3.8, 4) is 0 Å². The summed E-state index contributed by atoms with van der Waals surface area (Å²) >= 11 is 3.23. The Bertz CT molecular complexity index is 820. The third-order valence-electron chi connectivity index (χ3n) is 4.89. The van der Waals surface area contributed by atoms with Crippen LogP contribution in [-0.4, -0.2) is 52.9 Å². The summed E-state index contributed by atoms with van der Waals surface area (Å²) < 4.78 is 0. The van der Waals surface area contributed by atoms with Crippen molar-refractivity contribution in [1.29, 1.82) is 0 Å². The van der Waals surface area contributed by atoms with Crippen LogP contribution in [0.4, 0.5) is 4.79 Å². The summed E-state index contributed by atoms with van der Waals surface area (Å²) in [5.74, 6) is 0.0421. The van der Waals surface area contributed by atoms with Gasteiger partial charge in [-0.25, -0.2) is 9.78 Å². The minimum atomic E-state index is -0.612. The fraction of sp³-hybridized carbons (Fsp3) is 0.550. The van der Waals surface area contributed by atoms with Crippen molar-refractivity contribution < 1.29 is 9.59 Å². The highest BCUT2D eigenvalue weighted by molar-refractivity contribution is 7.10. The average Bonchev–Trinajstić information content (AvgIpc) is 3.33. The lowest BCUT2D eigenvalue weighted by atomic mass is 9.98. The van der Waals surface area contributed by atoms with Gasteiger partial charge in [0.1, 0.15) is 0 Å². The molecule has 0 aliphatic carbocycles. The maximum absolute atomic E-state index is 12.8. The van der Waals surface area contributed by atoms with E-state index in [4.69, 9.17) is 10.7 Å². The second-order valence-electron chi connectivity index (χ2n) is 8.33. The lowest BCUT2D eigenvalue weighted by Gasteiger charge is -2.35. The number of hydrogen-bond donors (Lipinski definition) is 2. The number of rotatable bonds is 6. The molecule has 158 valence electrons. The molecule has 0 spiro atoms. The molecule has 3 heterocycles. The number of carbonyl (C=O) groups excluding carboxylic acids is 2. The molecule has 3 rings (SSSR count). The van der Waals surface area contributed by atoms with Crippen LogP contribution in [0.1, 0.15) is 48.8 Å². The van der Waals surface area contributed by atoms with Crippen LogP contribution >= 0.6 is 22.7 Å². The number of carbonyl (C=O) groups is 2. The normalized spacial score (nSPS) is 16.6. The van der Waals surface area contributed by atoms with Crippen molar-refractivity contribution in [3.63, 3.8) is 0 Å². The molecule has 3 amide bonds. The predicted octanol–water partition coefficient (Wildman–Crippen LogP) is 2.95. The molecule has 1 aliphatic heterocycles. The topological polar surface area (TPSA) is 91.6 Å². The van der Waals surface area contributed by atoms with Crippen molar-refractivity contribution >= 4 is 34.6 Å². The zero-order valence-corrected chi connectivity index (χ0v) is 18.8. The van der Waals surface area contributed by atoms with Gasteiger partial charge in [0, 0.05) is 48.4 Å². The highest BCUT2D eigenvalue weighted by Crippen LogP contribution is 2.26. The minimum Gasteiger partial charge on any atom is -0.352 e. The van der Waals surface area contributed by atoms with Crippen LogP contribution in [0.5, 0.6) is 0 Å². The molecule has 0 aromatic carbocycles. The van der Waals surface area contributed by atoms with E-state index < -0.39 is 6.03 Å². The van der Waals surface area contributed by atoms with Crippen LogP contribution in [0.3, 0.4) is 0 Å². The molecular weight excluding hydrogens is 406 g/mol. The molecule has 29 heavy (non-hydrogen) atoms. The van der Waals surface area contributed by atoms with Crippen molar-refractivity contribution in [2.75, 3.05) is 26.2 Å². The molecule has 3 N–H and O–H groups in total. The summed E-state index contributed by atoms with van der Waals surface area (Å²) in [6.45, 7) is 10.4. The molecule has 0 bridgehead atoms. The number of urea groups is 1. The lowest BCUT2D eigenvalue weighted by Crippen LogP contribution is -2.49. The van der Waals surface area contributed by atoms with Crippen LogP contribution < -0.4 is 11.1 Å². The van der Waals surface area contributed by atoms with E-state index in [2.05, 4.69) is 36.4 Å². The molecule has 1 fully saturated rings. The summed E-state index contributed by atoms with van der Waals surface area (Å²) in [7, 11) is 0. The second-order valence-corrected chi connectivity index (χ2v) is 10.2. The van der Waals surface area contributed by atoms with Crippen LogP contribution in [0.15, 0.2) is 22.9 Å². The van der Waals surface area contributed by atoms with Gasteiger partial charge in [0.05, 0.1) is 23.2 Å². The van der Waals surface area contributed by atoms with Gasteiger partial charge in [-0.15, -0.1) is 22.7 Å². The van der Waals surface area contributed by atoms with E-state index >= 15 is 0 Å². The molecule has 0 saturated carbocycles. The fourth-order valence-corrected chi connectivity index (χ4v) is 4.97. The molecule has 2 aromatic heterocycles. The highest BCUT2D eigenvalue weighted by Gasteiger charge is 2.26. The molecule has 7 nitrogen and oxygen atoms in total. The molecular formula is C20H29N5O2S2. The average molecular weight is 436 g/mol. The maximum atomic E-state index is 12.8. The third-order valence-corrected chi connectivity index (χ3v) is 7.19. The van der Waals surface area contributed by atoms with E-state index in [1.165, 1.54) is 11.3 Å². The quantitative estimate of drug-likeness (QED) is 0.730. The van der Waals surface area contributed by atoms with Gasteiger partial charge < -0.3 is 16.0 Å². The lowest BCUT2D eigenvalue weighted by molar-refractivity contribution is -0.133. The van der Waals surface area contributed by atoms with Gasteiger partial charge in [0.2, 0.25) is 5.91 Å². The summed E-state index contributed by atoms with van der Waals surface area (Å²) in [4.78, 5) is 34.0. The van der Waals surface area contributed by atoms with E-state index in [9.17, 15) is 9.59 Å². The van der Waals surface area contributed by atoms with Crippen molar-refractivity contribution in [2.24, 2.45) is 5.73 Å². The van der Waals surface area contributed by atoms with Gasteiger partial charge >= 0.3 is 6.03 Å². The number of nitrogens with one attached hydrogen (secondary N) is 1. The van der Waals surface area contributed by atoms with Crippen LogP contribution in [0, 0.1) is 0 Å². The maximum Gasteiger partial charge on any atom is 0.312 e. The van der Waals surface area contributed by atoms with Crippen LogP contribution in [0.25, 0.3) is 0 Å². The van der Waals surface area contributed by atoms with Crippen LogP contribution in [-0.2, 0) is 16.8 Å². The van der Waals surface area contributed by atoms with Gasteiger partial charge in [0.25, 0.3) is 0 Å². The Morgan fingerprint density at radius 2 is 1.97 bits per heavy atom. The zero-order chi connectivity index (χ0) is 21.0. The molecule has 9 heteroatoms. The van der Waals surface area contributed by atoms with E-state index in [0.717, 1.165) is 35.2 Å². The number of thiophene rings is 1. The monoisotopic (exact) mass is 435 g/mol. The number of nitrogens with zero attached hydrogens (tertiary/aromatic N) is 3. The van der Waals surface area contributed by atoms with E-state index in [1.807, 2.05) is 22.4 Å².